The van der Waals surface area contributed by atoms with E-state index in [4.69, 9.17) is 20.7 Å². The summed E-state index contributed by atoms with van der Waals surface area (Å²) in [7, 11) is 1.60. The molecule has 0 aliphatic rings. The van der Waals surface area contributed by atoms with Crippen LogP contribution in [0.4, 0.5) is 0 Å². The van der Waals surface area contributed by atoms with Crippen molar-refractivity contribution in [2.24, 2.45) is 0 Å². The molecule has 1 rings (SSSR count). The molecule has 0 amide bonds. The molecule has 1 aromatic rings. The van der Waals surface area contributed by atoms with Crippen LogP contribution in [0.5, 0.6) is 5.75 Å². The van der Waals surface area contributed by atoms with Gasteiger partial charge in [-0.2, -0.15) is 0 Å². The molecule has 0 saturated heterocycles. The summed E-state index contributed by atoms with van der Waals surface area (Å²) in [4.78, 5) is 19.2. The van der Waals surface area contributed by atoms with Crippen LogP contribution in [-0.2, 0) is 22.6 Å². The number of rotatable bonds is 8. The summed E-state index contributed by atoms with van der Waals surface area (Å²) in [5.74, 6) is 3.05. The minimum atomic E-state index is -0.386. The van der Waals surface area contributed by atoms with E-state index in [0.717, 1.165) is 17.4 Å². The van der Waals surface area contributed by atoms with Crippen LogP contribution >= 0.6 is 0 Å². The Labute approximate surface area is 158 Å². The smallest absolute Gasteiger partial charge is 0.153 e. The van der Waals surface area contributed by atoms with Gasteiger partial charge in [0.05, 0.1) is 12.2 Å². The molecule has 0 spiro atoms. The van der Waals surface area contributed by atoms with Crippen LogP contribution in [0.2, 0.25) is 0 Å². The van der Waals surface area contributed by atoms with Crippen LogP contribution in [0.15, 0.2) is 37.4 Å². The van der Waals surface area contributed by atoms with Crippen molar-refractivity contribution in [1.82, 2.24) is 0 Å². The summed E-state index contributed by atoms with van der Waals surface area (Å²) in [6, 6.07) is 3.52. The number of benzene rings is 1. The highest BCUT2D eigenvalue weighted by Gasteiger charge is 2.16. The van der Waals surface area contributed by atoms with Crippen molar-refractivity contribution in [3.63, 3.8) is 0 Å². The highest BCUT2D eigenvalue weighted by atomic mass is 16.5. The first-order valence-corrected chi connectivity index (χ1v) is 6.78. The highest BCUT2D eigenvalue weighted by molar-refractivity contribution is 5.81. The van der Waals surface area contributed by atoms with Gasteiger partial charge < -0.3 is 14.3 Å². The third kappa shape index (κ3) is 9.27. The Kier molecular flexibility index (Phi) is 23.6. The number of terminal acetylenes is 2. The second kappa shape index (κ2) is 20.0. The molecule has 0 saturated carbocycles. The number of methoxy groups -OCH3 is 1. The fraction of sp³-hybridized carbons (Fsp3) is 0.273. The van der Waals surface area contributed by atoms with Crippen molar-refractivity contribution in [3.8, 4) is 30.9 Å². The van der Waals surface area contributed by atoms with Gasteiger partial charge in [-0.3, -0.25) is 4.79 Å². The molecule has 0 fully saturated rings. The van der Waals surface area contributed by atoms with Gasteiger partial charge in [-0.05, 0) is 23.8 Å². The summed E-state index contributed by atoms with van der Waals surface area (Å²) >= 11 is 0. The lowest BCUT2D eigenvalue weighted by Crippen LogP contribution is -2.13. The van der Waals surface area contributed by atoms with Gasteiger partial charge in [-0.15, -0.1) is 25.2 Å². The van der Waals surface area contributed by atoms with Crippen molar-refractivity contribution >= 4 is 13.1 Å². The van der Waals surface area contributed by atoms with Gasteiger partial charge in [0.15, 0.2) is 6.29 Å². The molecule has 1 aromatic carbocycles. The Balaban J connectivity index is -0.000000376. The van der Waals surface area contributed by atoms with Gasteiger partial charge >= 0.3 is 0 Å². The zero-order chi connectivity index (χ0) is 19.0. The standard InChI is InChI=1S/C17H18O3.C2H2.CH2O.2CH4/c1-5-8-16-14(12-19-4)10-9-13(11-18)17(16)20-15(6-2)7-3;2*1-2;;/h1,6-7,9-11,15H,2-3,8,12H2,4H3;1-2H;1H2;2*1H4. The van der Waals surface area contributed by atoms with Crippen molar-refractivity contribution in [1.29, 1.82) is 0 Å². The lowest BCUT2D eigenvalue weighted by atomic mass is 10.00. The fourth-order valence-corrected chi connectivity index (χ4v) is 1.83. The molecule has 0 heterocycles. The molecular weight excluding hydrogens is 328 g/mol. The SMILES string of the molecule is C.C.C#C.C#CCc1c(COC)ccc(C=O)c1OC(C=C)C=C.C=O. The maximum atomic E-state index is 11.2. The highest BCUT2D eigenvalue weighted by Crippen LogP contribution is 2.29. The first-order chi connectivity index (χ1) is 11.7. The fourth-order valence-electron chi connectivity index (χ4n) is 1.83. The van der Waals surface area contributed by atoms with E-state index >= 15 is 0 Å². The van der Waals surface area contributed by atoms with Crippen LogP contribution in [0, 0.1) is 25.2 Å². The maximum absolute atomic E-state index is 11.2. The van der Waals surface area contributed by atoms with Crippen molar-refractivity contribution in [2.75, 3.05) is 7.11 Å². The first-order valence-electron chi connectivity index (χ1n) is 6.78. The third-order valence-electron chi connectivity index (χ3n) is 2.81. The molecule has 4 heteroatoms. The van der Waals surface area contributed by atoms with Gasteiger partial charge in [0.25, 0.3) is 0 Å². The predicted molar refractivity (Wildman–Crippen MR) is 110 cm³/mol. The van der Waals surface area contributed by atoms with E-state index in [1.165, 1.54) is 0 Å². The average molecular weight is 358 g/mol. The number of hydrogen-bond acceptors (Lipinski definition) is 4. The van der Waals surface area contributed by atoms with Crippen molar-refractivity contribution < 1.29 is 19.1 Å². The van der Waals surface area contributed by atoms with E-state index in [9.17, 15) is 4.79 Å². The largest absolute Gasteiger partial charge is 0.481 e. The molecule has 0 aromatic heterocycles. The average Bonchev–Trinajstić information content (AvgIpc) is 2.65. The van der Waals surface area contributed by atoms with Crippen LogP contribution in [-0.4, -0.2) is 26.3 Å². The number of ether oxygens (including phenoxy) is 2. The minimum absolute atomic E-state index is 0. The number of aldehydes is 1. The van der Waals surface area contributed by atoms with E-state index in [1.807, 2.05) is 12.9 Å². The van der Waals surface area contributed by atoms with E-state index in [2.05, 4.69) is 31.9 Å². The topological polar surface area (TPSA) is 52.6 Å². The van der Waals surface area contributed by atoms with E-state index in [1.54, 1.807) is 25.3 Å². The molecule has 26 heavy (non-hydrogen) atoms. The second-order valence-electron chi connectivity index (χ2n) is 4.11. The summed E-state index contributed by atoms with van der Waals surface area (Å²) in [6.07, 6.45) is 17.3. The Morgan fingerprint density at radius 2 is 1.73 bits per heavy atom. The molecule has 0 N–H and O–H groups in total. The quantitative estimate of drug-likeness (QED) is 0.395. The molecule has 0 unspecified atom stereocenters. The first kappa shape index (κ1) is 30.8. The molecular formula is C22H30O4. The molecule has 0 aliphatic carbocycles. The van der Waals surface area contributed by atoms with Crippen LogP contribution in [0.3, 0.4) is 0 Å². The van der Waals surface area contributed by atoms with Gasteiger partial charge in [-0.1, -0.05) is 34.1 Å². The molecule has 142 valence electrons. The summed E-state index contributed by atoms with van der Waals surface area (Å²) in [5, 5.41) is 0. The van der Waals surface area contributed by atoms with Gasteiger partial charge in [0.2, 0.25) is 0 Å². The van der Waals surface area contributed by atoms with Crippen LogP contribution in [0.1, 0.15) is 36.3 Å². The molecule has 0 radical (unpaired) electrons. The summed E-state index contributed by atoms with van der Waals surface area (Å²) in [5.41, 5.74) is 2.13. The third-order valence-corrected chi connectivity index (χ3v) is 2.81. The Bertz CT molecular complexity index is 586. The summed E-state index contributed by atoms with van der Waals surface area (Å²) < 4.78 is 10.9. The predicted octanol–water partition coefficient (Wildman–Crippen LogP) is 4.28. The van der Waals surface area contributed by atoms with Crippen molar-refractivity contribution in [2.45, 2.75) is 34.0 Å². The summed E-state index contributed by atoms with van der Waals surface area (Å²) in [6.45, 7) is 9.74. The Hall–Kier alpha value is -3.08. The zero-order valence-electron chi connectivity index (χ0n) is 13.9. The number of carbonyl (C=O) groups excluding carboxylic acids is 2. The van der Waals surface area contributed by atoms with Crippen LogP contribution < -0.4 is 4.74 Å². The Morgan fingerprint density at radius 1 is 1.19 bits per heavy atom. The molecule has 0 atom stereocenters. The van der Waals surface area contributed by atoms with Crippen molar-refractivity contribution in [3.05, 3.63) is 54.1 Å². The molecule has 0 aliphatic heterocycles. The van der Waals surface area contributed by atoms with E-state index < -0.39 is 0 Å². The van der Waals surface area contributed by atoms with Gasteiger partial charge in [0, 0.05) is 19.1 Å². The van der Waals surface area contributed by atoms with E-state index in [0.29, 0.717) is 24.3 Å². The number of carbonyl (C=O) groups is 2. The molecule has 0 bridgehead atoms. The lowest BCUT2D eigenvalue weighted by Gasteiger charge is -2.19. The lowest BCUT2D eigenvalue weighted by molar-refractivity contribution is -0.0980. The zero-order valence-corrected chi connectivity index (χ0v) is 13.9. The maximum Gasteiger partial charge on any atom is 0.153 e. The minimum Gasteiger partial charge on any atom is -0.481 e. The van der Waals surface area contributed by atoms with E-state index in [-0.39, 0.29) is 21.0 Å². The normalized spacial score (nSPS) is 7.81. The second-order valence-corrected chi connectivity index (χ2v) is 4.11. The van der Waals surface area contributed by atoms with Gasteiger partial charge in [0.1, 0.15) is 18.6 Å². The Morgan fingerprint density at radius 3 is 2.12 bits per heavy atom. The molecule has 4 nitrogen and oxygen atoms in total. The van der Waals surface area contributed by atoms with Gasteiger partial charge in [-0.25, -0.2) is 0 Å². The number of hydrogen-bond donors (Lipinski definition) is 0. The monoisotopic (exact) mass is 358 g/mol. The van der Waals surface area contributed by atoms with Crippen LogP contribution in [0.25, 0.3) is 0 Å².